The van der Waals surface area contributed by atoms with Gasteiger partial charge in [0.2, 0.25) is 33.6 Å². The zero-order chi connectivity index (χ0) is 44.7. The predicted octanol–water partition coefficient (Wildman–Crippen LogP) is 4.06. The highest BCUT2D eigenvalue weighted by Crippen LogP contribution is 2.32. The zero-order valence-electron chi connectivity index (χ0n) is 35.5. The molecule has 330 valence electrons. The van der Waals surface area contributed by atoms with Gasteiger partial charge in [0.25, 0.3) is 11.8 Å². The van der Waals surface area contributed by atoms with Gasteiger partial charge in [-0.25, -0.2) is 28.5 Å². The van der Waals surface area contributed by atoms with Crippen LogP contribution in [0.2, 0.25) is 0 Å². The van der Waals surface area contributed by atoms with E-state index in [1.165, 1.54) is 24.3 Å². The second-order valence-electron chi connectivity index (χ2n) is 14.1. The molecule has 0 atom stereocenters. The average Bonchev–Trinajstić information content (AvgIpc) is 3.99. The number of primary amides is 1. The fourth-order valence-electron chi connectivity index (χ4n) is 6.73. The first kappa shape index (κ1) is 45.1. The Morgan fingerprint density at radius 3 is 2.29 bits per heavy atom. The highest BCUT2D eigenvalue weighted by atomic mass is 32.2. The maximum atomic E-state index is 13.7. The summed E-state index contributed by atoms with van der Waals surface area (Å²) in [5.41, 5.74) is 8.96. The van der Waals surface area contributed by atoms with E-state index in [0.717, 1.165) is 13.1 Å². The molecule has 0 aliphatic carbocycles. The Morgan fingerprint density at radius 1 is 0.935 bits per heavy atom. The van der Waals surface area contributed by atoms with Crippen LogP contribution in [-0.4, -0.2) is 92.4 Å². The number of nitrogens with two attached hydrogens (primary N) is 2. The maximum absolute atomic E-state index is 13.7. The lowest BCUT2D eigenvalue weighted by molar-refractivity contribution is 0.0136. The minimum atomic E-state index is -4.04. The molecule has 0 radical (unpaired) electrons. The molecule has 6 aromatic rings. The number of nitrogens with zero attached hydrogens (tertiary/aromatic N) is 7. The SMILES string of the molecule is CC.CCc1nc(C)oc1C(=O)Nc1nc2cc(C(N)=O)cc(OCCCOC3CNC3)c2n1C/C=C/Cn1c(NC(=O)c2cc(C)nn2CC)nc2cc(S(N)(=O)=O)ccc21. The molecule has 0 saturated carbocycles. The molecule has 1 fully saturated rings. The third-order valence-electron chi connectivity index (χ3n) is 9.76. The van der Waals surface area contributed by atoms with E-state index in [1.807, 2.05) is 39.8 Å². The summed E-state index contributed by atoms with van der Waals surface area (Å²) in [5, 5.41) is 18.7. The third kappa shape index (κ3) is 10.0. The van der Waals surface area contributed by atoms with E-state index in [1.54, 1.807) is 39.8 Å². The van der Waals surface area contributed by atoms with Crippen molar-refractivity contribution in [2.24, 2.45) is 10.9 Å². The van der Waals surface area contributed by atoms with Crippen molar-refractivity contribution in [2.75, 3.05) is 36.9 Å². The number of ether oxygens (including phenoxy) is 2. The Balaban J connectivity index is 0.00000316. The van der Waals surface area contributed by atoms with Crippen LogP contribution in [0.1, 0.15) is 82.8 Å². The van der Waals surface area contributed by atoms with Gasteiger partial charge < -0.3 is 34.1 Å². The van der Waals surface area contributed by atoms with Crippen molar-refractivity contribution < 1.29 is 36.7 Å². The molecule has 0 bridgehead atoms. The number of primary sulfonamides is 1. The molecule has 1 aliphatic heterocycles. The van der Waals surface area contributed by atoms with Gasteiger partial charge in [0, 0.05) is 51.6 Å². The predicted molar refractivity (Wildman–Crippen MR) is 232 cm³/mol. The summed E-state index contributed by atoms with van der Waals surface area (Å²) in [6, 6.07) is 9.00. The van der Waals surface area contributed by atoms with E-state index < -0.39 is 27.7 Å². The Morgan fingerprint density at radius 2 is 1.63 bits per heavy atom. The molecule has 7 rings (SSSR count). The van der Waals surface area contributed by atoms with Gasteiger partial charge in [-0.15, -0.1) is 0 Å². The largest absolute Gasteiger partial charge is 0.491 e. The molecule has 0 unspecified atom stereocenters. The first-order chi connectivity index (χ1) is 29.7. The minimum Gasteiger partial charge on any atom is -0.491 e. The van der Waals surface area contributed by atoms with Crippen LogP contribution in [0.15, 0.2) is 57.9 Å². The van der Waals surface area contributed by atoms with E-state index in [4.69, 9.17) is 29.7 Å². The van der Waals surface area contributed by atoms with Crippen molar-refractivity contribution in [1.29, 1.82) is 0 Å². The smallest absolute Gasteiger partial charge is 0.295 e. The topological polar surface area (TPSA) is 271 Å². The fraction of sp³-hybridized carbons (Fsp3) is 0.390. The molecule has 0 spiro atoms. The molecule has 5 heterocycles. The van der Waals surface area contributed by atoms with Crippen molar-refractivity contribution in [1.82, 2.24) is 39.2 Å². The summed E-state index contributed by atoms with van der Waals surface area (Å²) >= 11 is 0. The van der Waals surface area contributed by atoms with Crippen molar-refractivity contribution in [2.45, 2.75) is 85.0 Å². The van der Waals surface area contributed by atoms with Crippen LogP contribution in [0.4, 0.5) is 11.9 Å². The molecule has 1 aliphatic rings. The van der Waals surface area contributed by atoms with Gasteiger partial charge in [-0.1, -0.05) is 32.9 Å². The molecular weight excluding hydrogens is 821 g/mol. The number of amides is 3. The first-order valence-corrected chi connectivity index (χ1v) is 21.9. The lowest BCUT2D eigenvalue weighted by atomic mass is 10.1. The van der Waals surface area contributed by atoms with E-state index >= 15 is 0 Å². The standard InChI is InChI=1S/C39H46N12O8S.C2H6/c1-5-27-34(59-23(4)43-27)37(54)47-39-45-29-17-24(35(40)52)18-32(58-15-9-14-57-25-20-42-21-25)33(29)50(39)13-8-7-12-49-30-11-10-26(60(41,55)56)19-28(30)44-38(49)46-36(53)31-16-22(3)48-51(31)6-2;1-2/h7-8,10-11,16-19,25,42H,5-6,9,12-15,20-21H2,1-4H3,(H2,40,52)(H2,41,55,56)(H,44,46,53)(H,45,47,54);1-2H3/b8-7+;. The van der Waals surface area contributed by atoms with E-state index in [2.05, 4.69) is 31.0 Å². The second kappa shape index (κ2) is 19.5. The van der Waals surface area contributed by atoms with E-state index in [0.29, 0.717) is 71.3 Å². The Hall–Kier alpha value is -6.42. The monoisotopic (exact) mass is 872 g/mol. The fourth-order valence-corrected chi connectivity index (χ4v) is 7.27. The Bertz CT molecular complexity index is 2740. The van der Waals surface area contributed by atoms with Crippen molar-refractivity contribution in [3.63, 3.8) is 0 Å². The van der Waals surface area contributed by atoms with Gasteiger partial charge in [-0.3, -0.25) is 29.7 Å². The van der Waals surface area contributed by atoms with Gasteiger partial charge in [0.1, 0.15) is 17.0 Å². The second-order valence-corrected chi connectivity index (χ2v) is 15.6. The Kier molecular flexibility index (Phi) is 14.2. The number of fused-ring (bicyclic) bond motifs is 2. The lowest BCUT2D eigenvalue weighted by Gasteiger charge is -2.27. The molecule has 7 N–H and O–H groups in total. The van der Waals surface area contributed by atoms with Crippen molar-refractivity contribution >= 4 is 61.7 Å². The molecular formula is C41H52N12O8S. The normalized spacial score (nSPS) is 13.0. The lowest BCUT2D eigenvalue weighted by Crippen LogP contribution is -2.48. The number of hydrogen-bond donors (Lipinski definition) is 5. The van der Waals surface area contributed by atoms with Gasteiger partial charge in [0.15, 0.2) is 5.89 Å². The van der Waals surface area contributed by atoms with Crippen LogP contribution >= 0.6 is 0 Å². The Labute approximate surface area is 358 Å². The number of aryl methyl sites for hydroxylation is 4. The number of imidazole rings is 2. The van der Waals surface area contributed by atoms with Crippen LogP contribution < -0.4 is 31.6 Å². The van der Waals surface area contributed by atoms with Crippen LogP contribution in [0.25, 0.3) is 22.1 Å². The number of anilines is 2. The van der Waals surface area contributed by atoms with Gasteiger partial charge in [-0.2, -0.15) is 5.10 Å². The minimum absolute atomic E-state index is 0.0458. The molecule has 4 aromatic heterocycles. The highest BCUT2D eigenvalue weighted by Gasteiger charge is 2.24. The van der Waals surface area contributed by atoms with Crippen LogP contribution in [0.5, 0.6) is 5.75 Å². The van der Waals surface area contributed by atoms with E-state index in [-0.39, 0.29) is 59.4 Å². The number of aromatic nitrogens is 7. The number of benzene rings is 2. The summed E-state index contributed by atoms with van der Waals surface area (Å²) in [5.74, 6) is -0.748. The average molecular weight is 873 g/mol. The number of oxazole rings is 1. The van der Waals surface area contributed by atoms with E-state index in [9.17, 15) is 22.8 Å². The summed E-state index contributed by atoms with van der Waals surface area (Å²) < 4.78 is 47.1. The van der Waals surface area contributed by atoms with Crippen LogP contribution in [0.3, 0.4) is 0 Å². The number of carbonyl (C=O) groups excluding carboxylic acids is 3. The zero-order valence-corrected chi connectivity index (χ0v) is 36.3. The quantitative estimate of drug-likeness (QED) is 0.0603. The summed E-state index contributed by atoms with van der Waals surface area (Å²) in [7, 11) is -4.04. The van der Waals surface area contributed by atoms with Crippen LogP contribution in [-0.2, 0) is 40.8 Å². The number of rotatable bonds is 18. The first-order valence-electron chi connectivity index (χ1n) is 20.3. The van der Waals surface area contributed by atoms with Crippen molar-refractivity contribution in [3.05, 3.63) is 82.8 Å². The summed E-state index contributed by atoms with van der Waals surface area (Å²) in [6.07, 6.45) is 4.81. The molecule has 20 nitrogen and oxygen atoms in total. The van der Waals surface area contributed by atoms with Crippen molar-refractivity contribution in [3.8, 4) is 5.75 Å². The molecule has 3 amide bonds. The summed E-state index contributed by atoms with van der Waals surface area (Å²) in [6.45, 7) is 14.2. The molecule has 2 aromatic carbocycles. The van der Waals surface area contributed by atoms with Gasteiger partial charge in [-0.05, 0) is 56.7 Å². The number of carbonyl (C=O) groups is 3. The number of sulfonamides is 1. The number of hydrogen-bond acceptors (Lipinski definition) is 13. The van der Waals surface area contributed by atoms with Gasteiger partial charge in [0.05, 0.1) is 52.2 Å². The molecule has 21 heteroatoms. The molecule has 62 heavy (non-hydrogen) atoms. The third-order valence-corrected chi connectivity index (χ3v) is 10.7. The van der Waals surface area contributed by atoms with Gasteiger partial charge >= 0.3 is 0 Å². The molecule has 1 saturated heterocycles. The number of allylic oxidation sites excluding steroid dienone is 2. The summed E-state index contributed by atoms with van der Waals surface area (Å²) in [4.78, 5) is 53.1. The van der Waals surface area contributed by atoms with Crippen LogP contribution in [0, 0.1) is 13.8 Å². The maximum Gasteiger partial charge on any atom is 0.295 e. The highest BCUT2D eigenvalue weighted by molar-refractivity contribution is 7.89. The number of nitrogens with one attached hydrogen (secondary N) is 3.